The summed E-state index contributed by atoms with van der Waals surface area (Å²) >= 11 is 6.41. The fourth-order valence-corrected chi connectivity index (χ4v) is 3.07. The fourth-order valence-electron chi connectivity index (χ4n) is 2.83. The topological polar surface area (TPSA) is 35.5 Å². The number of hydrogen-bond acceptors (Lipinski definition) is 3. The van der Waals surface area contributed by atoms with E-state index in [1.165, 1.54) is 5.69 Å². The summed E-state index contributed by atoms with van der Waals surface area (Å²) in [6.45, 7) is 8.85. The highest BCUT2D eigenvalue weighted by Crippen LogP contribution is 2.31. The van der Waals surface area contributed by atoms with Crippen molar-refractivity contribution >= 4 is 17.3 Å². The van der Waals surface area contributed by atoms with E-state index in [-0.39, 0.29) is 0 Å². The first-order valence-electron chi connectivity index (χ1n) is 7.87. The molecule has 0 spiro atoms. The van der Waals surface area contributed by atoms with Gasteiger partial charge in [0.2, 0.25) is 0 Å². The molecule has 118 valence electrons. The first kappa shape index (κ1) is 16.6. The molecular weight excluding hydrogens is 284 g/mol. The molecule has 0 saturated carbocycles. The van der Waals surface area contributed by atoms with E-state index in [4.69, 9.17) is 11.6 Å². The lowest BCUT2D eigenvalue weighted by atomic mass is 9.98. The summed E-state index contributed by atoms with van der Waals surface area (Å²) < 4.78 is 0. The van der Waals surface area contributed by atoms with Gasteiger partial charge in [-0.15, -0.1) is 0 Å². The molecule has 1 aromatic rings. The van der Waals surface area contributed by atoms with E-state index in [0.717, 1.165) is 49.5 Å². The Kier molecular flexibility index (Phi) is 5.53. The lowest BCUT2D eigenvalue weighted by molar-refractivity contribution is 0.0481. The summed E-state index contributed by atoms with van der Waals surface area (Å²) in [5.74, 6) is 0. The standard InChI is InChI=1S/C17H27ClN2O/c1-13(2)19-12-14-15(18)6-4-7-16(14)20-10-5-8-17(3,21)9-11-20/h4,6-7,13,19,21H,5,8-12H2,1-3H3. The van der Waals surface area contributed by atoms with Crippen LogP contribution in [0.1, 0.15) is 45.6 Å². The molecular formula is C17H27ClN2O. The van der Waals surface area contributed by atoms with Crippen LogP contribution in [-0.4, -0.2) is 29.8 Å². The summed E-state index contributed by atoms with van der Waals surface area (Å²) in [5.41, 5.74) is 1.83. The summed E-state index contributed by atoms with van der Waals surface area (Å²) in [4.78, 5) is 2.37. The fraction of sp³-hybridized carbons (Fsp3) is 0.647. The predicted molar refractivity (Wildman–Crippen MR) is 90.1 cm³/mol. The highest BCUT2D eigenvalue weighted by atomic mass is 35.5. The van der Waals surface area contributed by atoms with Gasteiger partial charge in [0.15, 0.2) is 0 Å². The van der Waals surface area contributed by atoms with Crippen molar-refractivity contribution in [2.24, 2.45) is 0 Å². The summed E-state index contributed by atoms with van der Waals surface area (Å²) in [7, 11) is 0. The Morgan fingerprint density at radius 3 is 2.81 bits per heavy atom. The zero-order valence-corrected chi connectivity index (χ0v) is 14.1. The van der Waals surface area contributed by atoms with Crippen molar-refractivity contribution in [1.82, 2.24) is 5.32 Å². The quantitative estimate of drug-likeness (QED) is 0.892. The maximum atomic E-state index is 10.3. The highest BCUT2D eigenvalue weighted by molar-refractivity contribution is 6.31. The number of nitrogens with zero attached hydrogens (tertiary/aromatic N) is 1. The van der Waals surface area contributed by atoms with E-state index >= 15 is 0 Å². The van der Waals surface area contributed by atoms with Gasteiger partial charge in [0.25, 0.3) is 0 Å². The van der Waals surface area contributed by atoms with Gasteiger partial charge >= 0.3 is 0 Å². The van der Waals surface area contributed by atoms with Crippen molar-refractivity contribution < 1.29 is 5.11 Å². The number of benzene rings is 1. The normalized spacial score (nSPS) is 23.4. The molecule has 0 aliphatic carbocycles. The van der Waals surface area contributed by atoms with Crippen molar-refractivity contribution in [2.75, 3.05) is 18.0 Å². The molecule has 1 fully saturated rings. The molecule has 0 radical (unpaired) electrons. The predicted octanol–water partition coefficient (Wildman–Crippen LogP) is 3.58. The largest absolute Gasteiger partial charge is 0.390 e. The van der Waals surface area contributed by atoms with E-state index in [1.54, 1.807) is 0 Å². The van der Waals surface area contributed by atoms with Gasteiger partial charge in [-0.2, -0.15) is 0 Å². The average Bonchev–Trinajstić information content (AvgIpc) is 2.58. The first-order chi connectivity index (χ1) is 9.89. The Balaban J connectivity index is 2.20. The van der Waals surface area contributed by atoms with E-state index in [1.807, 2.05) is 19.1 Å². The van der Waals surface area contributed by atoms with Crippen molar-refractivity contribution in [3.8, 4) is 0 Å². The van der Waals surface area contributed by atoms with Crippen molar-refractivity contribution in [3.05, 3.63) is 28.8 Å². The third-order valence-electron chi connectivity index (χ3n) is 4.19. The minimum Gasteiger partial charge on any atom is -0.390 e. The molecule has 1 heterocycles. The molecule has 1 saturated heterocycles. The monoisotopic (exact) mass is 310 g/mol. The minimum atomic E-state index is -0.538. The Labute approximate surface area is 133 Å². The van der Waals surface area contributed by atoms with Gasteiger partial charge < -0.3 is 15.3 Å². The van der Waals surface area contributed by atoms with Crippen molar-refractivity contribution in [2.45, 2.75) is 58.2 Å². The van der Waals surface area contributed by atoms with Gasteiger partial charge in [-0.05, 0) is 38.3 Å². The Morgan fingerprint density at radius 2 is 2.10 bits per heavy atom. The summed E-state index contributed by atoms with van der Waals surface area (Å²) in [6.07, 6.45) is 2.68. The molecule has 4 heteroatoms. The maximum Gasteiger partial charge on any atom is 0.0637 e. The molecule has 2 rings (SSSR count). The van der Waals surface area contributed by atoms with Crippen LogP contribution < -0.4 is 10.2 Å². The van der Waals surface area contributed by atoms with E-state index in [0.29, 0.717) is 6.04 Å². The summed E-state index contributed by atoms with van der Waals surface area (Å²) in [6, 6.07) is 6.54. The summed E-state index contributed by atoms with van der Waals surface area (Å²) in [5, 5.41) is 14.5. The lowest BCUT2D eigenvalue weighted by Crippen LogP contribution is -2.30. The number of aliphatic hydroxyl groups is 1. The van der Waals surface area contributed by atoms with Crippen LogP contribution >= 0.6 is 11.6 Å². The molecule has 3 nitrogen and oxygen atoms in total. The van der Waals surface area contributed by atoms with Crippen LogP contribution in [0.2, 0.25) is 5.02 Å². The number of halogens is 1. The lowest BCUT2D eigenvalue weighted by Gasteiger charge is -2.27. The van der Waals surface area contributed by atoms with E-state index in [2.05, 4.69) is 30.1 Å². The van der Waals surface area contributed by atoms with Crippen LogP contribution in [0.25, 0.3) is 0 Å². The second-order valence-electron chi connectivity index (χ2n) is 6.61. The van der Waals surface area contributed by atoms with Crippen LogP contribution in [0.3, 0.4) is 0 Å². The SMILES string of the molecule is CC(C)NCc1c(Cl)cccc1N1CCCC(C)(O)CC1. The second kappa shape index (κ2) is 6.99. The van der Waals surface area contributed by atoms with E-state index < -0.39 is 5.60 Å². The third-order valence-corrected chi connectivity index (χ3v) is 4.54. The molecule has 1 aliphatic heterocycles. The minimum absolute atomic E-state index is 0.430. The van der Waals surface area contributed by atoms with Gasteiger partial charge in [-0.1, -0.05) is 31.5 Å². The Bertz CT molecular complexity index is 474. The van der Waals surface area contributed by atoms with Gasteiger partial charge in [0.1, 0.15) is 0 Å². The van der Waals surface area contributed by atoms with Gasteiger partial charge in [0.05, 0.1) is 5.60 Å². The molecule has 2 N–H and O–H groups in total. The molecule has 21 heavy (non-hydrogen) atoms. The van der Waals surface area contributed by atoms with Gasteiger partial charge in [0, 0.05) is 41.9 Å². The van der Waals surface area contributed by atoms with E-state index in [9.17, 15) is 5.11 Å². The second-order valence-corrected chi connectivity index (χ2v) is 7.02. The molecule has 1 aromatic carbocycles. The number of nitrogens with one attached hydrogen (secondary N) is 1. The molecule has 0 bridgehead atoms. The average molecular weight is 311 g/mol. The van der Waals surface area contributed by atoms with Crippen molar-refractivity contribution in [3.63, 3.8) is 0 Å². The smallest absolute Gasteiger partial charge is 0.0637 e. The van der Waals surface area contributed by atoms with Crippen LogP contribution in [0, 0.1) is 0 Å². The Hall–Kier alpha value is -0.770. The molecule has 0 amide bonds. The van der Waals surface area contributed by atoms with Crippen LogP contribution in [0.15, 0.2) is 18.2 Å². The third kappa shape index (κ3) is 4.60. The Morgan fingerprint density at radius 1 is 1.33 bits per heavy atom. The molecule has 0 aromatic heterocycles. The molecule has 1 unspecified atom stereocenters. The van der Waals surface area contributed by atoms with Crippen LogP contribution in [0.4, 0.5) is 5.69 Å². The number of rotatable bonds is 4. The molecule has 1 atom stereocenters. The van der Waals surface area contributed by atoms with Gasteiger partial charge in [-0.3, -0.25) is 0 Å². The molecule has 1 aliphatic rings. The maximum absolute atomic E-state index is 10.3. The first-order valence-corrected chi connectivity index (χ1v) is 8.25. The zero-order chi connectivity index (χ0) is 15.5. The zero-order valence-electron chi connectivity index (χ0n) is 13.3. The number of hydrogen-bond donors (Lipinski definition) is 2. The van der Waals surface area contributed by atoms with Crippen LogP contribution in [0.5, 0.6) is 0 Å². The van der Waals surface area contributed by atoms with Gasteiger partial charge in [-0.25, -0.2) is 0 Å². The highest BCUT2D eigenvalue weighted by Gasteiger charge is 2.26. The van der Waals surface area contributed by atoms with Crippen LogP contribution in [-0.2, 0) is 6.54 Å². The van der Waals surface area contributed by atoms with Crippen molar-refractivity contribution in [1.29, 1.82) is 0 Å². The number of anilines is 1.